The number of ether oxygens (including phenoxy) is 10. The second kappa shape index (κ2) is 21.8. The zero-order valence-electron chi connectivity index (χ0n) is 47.2. The Balaban J connectivity index is 0.794. The predicted octanol–water partition coefficient (Wildman–Crippen LogP) is 7.23. The van der Waals surface area contributed by atoms with Gasteiger partial charge in [0.1, 0.15) is 17.8 Å². The van der Waals surface area contributed by atoms with Gasteiger partial charge in [-0.15, -0.1) is 0 Å². The van der Waals surface area contributed by atoms with Gasteiger partial charge in [0, 0.05) is 44.6 Å². The summed E-state index contributed by atoms with van der Waals surface area (Å²) in [6.45, 7) is 24.9. The van der Waals surface area contributed by atoms with Gasteiger partial charge in [-0.2, -0.15) is 0 Å². The molecule has 16 nitrogen and oxygen atoms in total. The average Bonchev–Trinajstić information content (AvgIpc) is 3.71. The smallest absolute Gasteiger partial charge is 0.303 e. The van der Waals surface area contributed by atoms with Crippen LogP contribution in [0.4, 0.5) is 0 Å². The molecule has 10 aliphatic rings. The highest BCUT2D eigenvalue weighted by Crippen LogP contribution is 2.54. The molecule has 0 aromatic heterocycles. The average molecular weight is 1070 g/mol. The van der Waals surface area contributed by atoms with Gasteiger partial charge in [0.2, 0.25) is 0 Å². The number of carboxylic acids is 1. The van der Waals surface area contributed by atoms with Crippen molar-refractivity contribution >= 4 is 5.97 Å². The van der Waals surface area contributed by atoms with Crippen molar-refractivity contribution in [3.63, 3.8) is 0 Å². The van der Waals surface area contributed by atoms with Crippen molar-refractivity contribution in [3.05, 3.63) is 36.0 Å². The van der Waals surface area contributed by atoms with Crippen LogP contribution in [0, 0.1) is 23.7 Å². The molecule has 10 heterocycles. The lowest BCUT2D eigenvalue weighted by Gasteiger charge is -2.61. The van der Waals surface area contributed by atoms with E-state index in [1.165, 1.54) is 0 Å². The van der Waals surface area contributed by atoms with Gasteiger partial charge in [-0.25, -0.2) is 0 Å². The first-order valence-electron chi connectivity index (χ1n) is 29.4. The van der Waals surface area contributed by atoms with Crippen LogP contribution in [-0.4, -0.2) is 176 Å². The van der Waals surface area contributed by atoms with Crippen molar-refractivity contribution in [2.75, 3.05) is 6.61 Å². The molecule has 0 aromatic rings. The third-order valence-electron chi connectivity index (χ3n) is 20.2. The van der Waals surface area contributed by atoms with E-state index in [1.54, 1.807) is 6.92 Å². The van der Waals surface area contributed by atoms with E-state index in [1.807, 2.05) is 20.8 Å². The molecule has 10 rings (SSSR count). The number of aliphatic hydroxyl groups excluding tert-OH is 3. The Morgan fingerprint density at radius 1 is 0.789 bits per heavy atom. The first-order valence-corrected chi connectivity index (χ1v) is 29.4. The molecule has 27 atom stereocenters. The number of aliphatic carboxylic acids is 1. The van der Waals surface area contributed by atoms with E-state index >= 15 is 0 Å². The van der Waals surface area contributed by atoms with E-state index < -0.39 is 70.6 Å². The Morgan fingerprint density at radius 2 is 1.53 bits per heavy atom. The number of carbonyl (C=O) groups is 1. The van der Waals surface area contributed by atoms with E-state index in [4.69, 9.17) is 47.4 Å². The summed E-state index contributed by atoms with van der Waals surface area (Å²) in [5.41, 5.74) is -2.18. The molecule has 76 heavy (non-hydrogen) atoms. The van der Waals surface area contributed by atoms with Crippen LogP contribution in [0.3, 0.4) is 0 Å². The summed E-state index contributed by atoms with van der Waals surface area (Å²) in [5, 5.41) is 54.8. The molecular formula is C60H94O16. The molecular weight excluding hydrogens is 977 g/mol. The summed E-state index contributed by atoms with van der Waals surface area (Å²) in [6.07, 6.45) is 7.40. The molecule has 0 amide bonds. The van der Waals surface area contributed by atoms with E-state index in [2.05, 4.69) is 66.3 Å². The van der Waals surface area contributed by atoms with Gasteiger partial charge in [-0.05, 0) is 123 Å². The van der Waals surface area contributed by atoms with Crippen LogP contribution in [0.1, 0.15) is 166 Å². The van der Waals surface area contributed by atoms with Crippen molar-refractivity contribution in [1.82, 2.24) is 0 Å². The predicted molar refractivity (Wildman–Crippen MR) is 280 cm³/mol. The first-order chi connectivity index (χ1) is 35.8. The van der Waals surface area contributed by atoms with Crippen LogP contribution in [0.25, 0.3) is 0 Å². The van der Waals surface area contributed by atoms with Gasteiger partial charge in [-0.1, -0.05) is 58.1 Å². The third-order valence-corrected chi connectivity index (χ3v) is 20.2. The third kappa shape index (κ3) is 11.2. The highest BCUT2D eigenvalue weighted by Gasteiger charge is 2.65. The number of hydrogen-bond donors (Lipinski definition) is 5. The Hall–Kier alpha value is -1.87. The molecule has 430 valence electrons. The van der Waals surface area contributed by atoms with Gasteiger partial charge in [0.05, 0.1) is 126 Å². The minimum Gasteiger partial charge on any atom is -0.481 e. The Kier molecular flexibility index (Phi) is 16.5. The molecule has 0 unspecified atom stereocenters. The van der Waals surface area contributed by atoms with Crippen LogP contribution >= 0.6 is 0 Å². The largest absolute Gasteiger partial charge is 0.481 e. The van der Waals surface area contributed by atoms with Gasteiger partial charge >= 0.3 is 5.97 Å². The molecule has 0 aliphatic carbocycles. The molecule has 0 spiro atoms. The summed E-state index contributed by atoms with van der Waals surface area (Å²) < 4.78 is 70.0. The van der Waals surface area contributed by atoms with Gasteiger partial charge in [0.25, 0.3) is 0 Å². The van der Waals surface area contributed by atoms with Gasteiger partial charge in [-0.3, -0.25) is 4.79 Å². The summed E-state index contributed by atoms with van der Waals surface area (Å²) in [5.74, 6) is -0.759. The monoisotopic (exact) mass is 1070 g/mol. The number of fused-ring (bicyclic) bond motifs is 8. The fourth-order valence-corrected chi connectivity index (χ4v) is 16.0. The summed E-state index contributed by atoms with van der Waals surface area (Å²) in [6, 6.07) is 0. The van der Waals surface area contributed by atoms with E-state index in [0.717, 1.165) is 17.6 Å². The first kappa shape index (κ1) is 57.4. The maximum atomic E-state index is 12.4. The van der Waals surface area contributed by atoms with Crippen molar-refractivity contribution in [2.24, 2.45) is 23.7 Å². The molecule has 9 fully saturated rings. The van der Waals surface area contributed by atoms with Crippen molar-refractivity contribution in [3.8, 4) is 0 Å². The van der Waals surface area contributed by atoms with Crippen molar-refractivity contribution < 1.29 is 77.7 Å². The Bertz CT molecular complexity index is 2150. The molecule has 10 aliphatic heterocycles. The van der Waals surface area contributed by atoms with Crippen LogP contribution in [0.2, 0.25) is 0 Å². The Morgan fingerprint density at radius 3 is 2.28 bits per heavy atom. The van der Waals surface area contributed by atoms with Crippen LogP contribution in [0.5, 0.6) is 0 Å². The number of hydrogen-bond acceptors (Lipinski definition) is 15. The van der Waals surface area contributed by atoms with Crippen LogP contribution < -0.4 is 0 Å². The minimum absolute atomic E-state index is 0.0239. The van der Waals surface area contributed by atoms with Crippen LogP contribution in [0.15, 0.2) is 36.0 Å². The second-order valence-corrected chi connectivity index (χ2v) is 27.0. The highest BCUT2D eigenvalue weighted by molar-refractivity contribution is 5.67. The number of carboxylic acid groups (broad SMARTS) is 1. The molecule has 5 N–H and O–H groups in total. The fraction of sp³-hybridized carbons (Fsp3) is 0.883. The van der Waals surface area contributed by atoms with E-state index in [-0.39, 0.29) is 116 Å². The maximum absolute atomic E-state index is 12.4. The summed E-state index contributed by atoms with van der Waals surface area (Å²) in [7, 11) is 0. The zero-order chi connectivity index (χ0) is 54.4. The quantitative estimate of drug-likeness (QED) is 0.129. The molecule has 9 saturated heterocycles. The summed E-state index contributed by atoms with van der Waals surface area (Å²) in [4.78, 5) is 11.4. The fourth-order valence-electron chi connectivity index (χ4n) is 16.0. The SMILES string of the molecule is C=C1C[C@H]2O[C@@H]3[C@@H](C[C@]2(C)O[C@@H]1C/C(C)=C/[C@@H](C)CO)O[C@H]1C[C@H]2O[C@H]4CC[C@H]5O[C@H]6C[C@H]7O[C@@H](C[C@@H](O)C[C@H]8C[C@@H](C)[C@H]([C@H](C)CC(=O)O)O8)[C@@](C)(O)CC[C@@H]7O[C@]6(C)C[C@]5(C)O[C@@H]4C/C=C\[C@H](C)[C@@H]2O[C@]1(C)[C@H]3O. The lowest BCUT2D eigenvalue weighted by Crippen LogP contribution is -2.74. The van der Waals surface area contributed by atoms with E-state index in [0.29, 0.717) is 77.0 Å². The van der Waals surface area contributed by atoms with Gasteiger partial charge < -0.3 is 72.9 Å². The molecule has 0 saturated carbocycles. The van der Waals surface area contributed by atoms with Gasteiger partial charge in [0.15, 0.2) is 0 Å². The standard InChI is InChI=1S/C60H94O16/c1-31(19-32(2)29-61)20-42-34(4)22-48-57(8,75-42)28-45-54(72-48)55(65)60(11)50(70-45)27-44-53(76-60)33(3)13-12-14-40-39(68-44)15-16-46-58(9,73-40)30-59(10)49(71-46)26-43-41(74-59)17-18-56(7,66)47(69-43)25-37(62)24-38-21-35(5)52(67-38)36(6)23-51(63)64/h12-13,19,32-33,35-50,52-55,61-62,65-66H,4,14-18,20-30H2,1-3,5-11H3,(H,63,64)/b13-12-,31-19+/t32-,33+,35-,36-,37+,38-,39+,40-,41+,42-,43-,44-,45-,46-,47+,48-,49+,50+,52-,53+,54-,55+,56+,57+,58+,59-,60+/m1/s1. The highest BCUT2D eigenvalue weighted by atomic mass is 16.6. The van der Waals surface area contributed by atoms with Crippen LogP contribution in [-0.2, 0) is 52.2 Å². The van der Waals surface area contributed by atoms with Crippen molar-refractivity contribution in [1.29, 1.82) is 0 Å². The minimum atomic E-state index is -1.20. The maximum Gasteiger partial charge on any atom is 0.303 e. The second-order valence-electron chi connectivity index (χ2n) is 27.0. The molecule has 0 bridgehead atoms. The number of rotatable bonds is 11. The molecule has 16 heteroatoms. The number of aliphatic hydroxyl groups is 4. The summed E-state index contributed by atoms with van der Waals surface area (Å²) >= 11 is 0. The molecule has 0 aromatic carbocycles. The lowest BCUT2D eigenvalue weighted by atomic mass is 9.72. The zero-order valence-corrected chi connectivity index (χ0v) is 47.2. The normalized spacial score (nSPS) is 52.1. The topological polar surface area (TPSA) is 211 Å². The lowest BCUT2D eigenvalue weighted by molar-refractivity contribution is -0.369. The Labute approximate surface area is 451 Å². The van der Waals surface area contributed by atoms with E-state index in [9.17, 15) is 30.3 Å². The molecule has 0 radical (unpaired) electrons. The van der Waals surface area contributed by atoms with Crippen molar-refractivity contribution in [2.45, 2.75) is 303 Å².